The summed E-state index contributed by atoms with van der Waals surface area (Å²) in [6.07, 6.45) is 0. The van der Waals surface area contributed by atoms with Crippen molar-refractivity contribution in [3.05, 3.63) is 64.1 Å². The number of fused-ring (bicyclic) bond motifs is 1. The lowest BCUT2D eigenvalue weighted by Crippen LogP contribution is -2.40. The third kappa shape index (κ3) is 5.42. The van der Waals surface area contributed by atoms with E-state index in [0.717, 1.165) is 32.5 Å². The molecule has 0 atom stereocenters. The van der Waals surface area contributed by atoms with E-state index in [2.05, 4.69) is 79.4 Å². The highest BCUT2D eigenvalue weighted by molar-refractivity contribution is 9.10. The van der Waals surface area contributed by atoms with Crippen LogP contribution < -0.4 is 10.1 Å². The Hall–Kier alpha value is -1.89. The molecule has 0 fully saturated rings. The molecule has 0 saturated heterocycles. The van der Waals surface area contributed by atoms with Gasteiger partial charge in [-0.3, -0.25) is 0 Å². The summed E-state index contributed by atoms with van der Waals surface area (Å²) in [4.78, 5) is 4.82. The first-order valence-electron chi connectivity index (χ1n) is 10.2. The van der Waals surface area contributed by atoms with Gasteiger partial charge in [-0.15, -0.1) is 0 Å². The topological polar surface area (TPSA) is 43.4 Å². The van der Waals surface area contributed by atoms with Gasteiger partial charge in [0, 0.05) is 16.4 Å². The Morgan fingerprint density at radius 1 is 1.03 bits per heavy atom. The highest BCUT2D eigenvalue weighted by Gasteiger charge is 2.37. The van der Waals surface area contributed by atoms with Crippen molar-refractivity contribution >= 4 is 41.0 Å². The maximum Gasteiger partial charge on any atom is 0.192 e. The van der Waals surface area contributed by atoms with Gasteiger partial charge in [-0.25, -0.2) is 4.98 Å². The second kappa shape index (κ2) is 9.08. The van der Waals surface area contributed by atoms with Crippen LogP contribution in [0.4, 0.5) is 5.82 Å². The molecular weight excluding hydrogens is 456 g/mol. The number of hydrogen-bond acceptors (Lipinski definition) is 4. The van der Waals surface area contributed by atoms with E-state index in [1.165, 1.54) is 5.56 Å². The lowest BCUT2D eigenvalue weighted by molar-refractivity contribution is 0.277. The summed E-state index contributed by atoms with van der Waals surface area (Å²) >= 11 is 3.59. The van der Waals surface area contributed by atoms with Gasteiger partial charge in [0.25, 0.3) is 0 Å². The fraction of sp³-hybridized carbons (Fsp3) is 0.375. The molecule has 0 amide bonds. The highest BCUT2D eigenvalue weighted by atomic mass is 79.9. The van der Waals surface area contributed by atoms with Gasteiger partial charge in [0.15, 0.2) is 8.32 Å². The molecule has 1 aromatic heterocycles. The largest absolute Gasteiger partial charge is 0.497 e. The average molecular weight is 488 g/mol. The van der Waals surface area contributed by atoms with Crippen molar-refractivity contribution in [2.75, 3.05) is 12.4 Å². The standard InChI is InChI=1S/C24H31BrN2O2Si/c1-24(2,3)30(5,6)29-16-18-13-23(27-22-12-9-19(25)14-21(18)22)26-15-17-7-10-20(28-4)11-8-17/h7-14H,15-16H2,1-6H3,(H,26,27). The van der Waals surface area contributed by atoms with E-state index in [1.807, 2.05) is 24.3 Å². The van der Waals surface area contributed by atoms with Gasteiger partial charge in [-0.2, -0.15) is 0 Å². The molecule has 6 heteroatoms. The van der Waals surface area contributed by atoms with E-state index in [4.69, 9.17) is 14.1 Å². The van der Waals surface area contributed by atoms with Crippen molar-refractivity contribution in [1.29, 1.82) is 0 Å². The number of ether oxygens (including phenoxy) is 1. The van der Waals surface area contributed by atoms with Crippen LogP contribution in [0.2, 0.25) is 18.1 Å². The Bertz CT molecular complexity index is 1010. The van der Waals surface area contributed by atoms with Gasteiger partial charge in [0.05, 0.1) is 19.2 Å². The molecular formula is C24H31BrN2O2Si. The van der Waals surface area contributed by atoms with E-state index in [1.54, 1.807) is 7.11 Å². The third-order valence-electron chi connectivity index (χ3n) is 5.88. The molecule has 0 unspecified atom stereocenters. The van der Waals surface area contributed by atoms with Crippen LogP contribution in [0.15, 0.2) is 53.0 Å². The van der Waals surface area contributed by atoms with Crippen LogP contribution in [0.5, 0.6) is 5.75 Å². The van der Waals surface area contributed by atoms with Gasteiger partial charge in [-0.05, 0) is 65.7 Å². The summed E-state index contributed by atoms with van der Waals surface area (Å²) < 4.78 is 12.8. The first kappa shape index (κ1) is 22.8. The smallest absolute Gasteiger partial charge is 0.192 e. The Balaban J connectivity index is 1.85. The van der Waals surface area contributed by atoms with E-state index < -0.39 is 8.32 Å². The molecule has 0 saturated carbocycles. The average Bonchev–Trinajstić information content (AvgIpc) is 2.70. The van der Waals surface area contributed by atoms with E-state index in [0.29, 0.717) is 13.2 Å². The van der Waals surface area contributed by atoms with E-state index in [-0.39, 0.29) is 5.04 Å². The molecule has 1 heterocycles. The normalized spacial score (nSPS) is 12.2. The zero-order valence-corrected chi connectivity index (χ0v) is 21.3. The van der Waals surface area contributed by atoms with Crippen LogP contribution in [-0.2, 0) is 17.6 Å². The molecule has 2 aromatic carbocycles. The predicted molar refractivity (Wildman–Crippen MR) is 132 cm³/mol. The minimum absolute atomic E-state index is 0.172. The fourth-order valence-electron chi connectivity index (χ4n) is 2.89. The second-order valence-electron chi connectivity index (χ2n) is 9.08. The van der Waals surface area contributed by atoms with E-state index >= 15 is 0 Å². The highest BCUT2D eigenvalue weighted by Crippen LogP contribution is 2.37. The zero-order valence-electron chi connectivity index (χ0n) is 18.7. The molecule has 3 aromatic rings. The quantitative estimate of drug-likeness (QED) is 0.360. The van der Waals surface area contributed by atoms with Gasteiger partial charge >= 0.3 is 0 Å². The van der Waals surface area contributed by atoms with Crippen LogP contribution in [0, 0.1) is 0 Å². The predicted octanol–water partition coefficient (Wildman–Crippen LogP) is 7.14. The Labute approximate surface area is 189 Å². The number of rotatable bonds is 7. The van der Waals surface area contributed by atoms with Crippen LogP contribution >= 0.6 is 15.9 Å². The molecule has 0 bridgehead atoms. The van der Waals surface area contributed by atoms with Gasteiger partial charge in [0.1, 0.15) is 11.6 Å². The Morgan fingerprint density at radius 3 is 2.37 bits per heavy atom. The number of methoxy groups -OCH3 is 1. The van der Waals surface area contributed by atoms with Crippen molar-refractivity contribution in [1.82, 2.24) is 4.98 Å². The van der Waals surface area contributed by atoms with E-state index in [9.17, 15) is 0 Å². The van der Waals surface area contributed by atoms with Crippen LogP contribution in [0.25, 0.3) is 10.9 Å². The molecule has 160 valence electrons. The molecule has 0 radical (unpaired) electrons. The number of hydrogen-bond donors (Lipinski definition) is 1. The Kier molecular flexibility index (Phi) is 6.90. The van der Waals surface area contributed by atoms with Gasteiger partial charge in [0.2, 0.25) is 0 Å². The Morgan fingerprint density at radius 2 is 1.73 bits per heavy atom. The van der Waals surface area contributed by atoms with Crippen molar-refractivity contribution in [3.8, 4) is 5.75 Å². The first-order chi connectivity index (χ1) is 14.1. The third-order valence-corrected chi connectivity index (χ3v) is 10.9. The SMILES string of the molecule is COc1ccc(CNc2cc(CO[Si](C)(C)C(C)(C)C)c3cc(Br)ccc3n2)cc1. The lowest BCUT2D eigenvalue weighted by Gasteiger charge is -2.36. The molecule has 4 nitrogen and oxygen atoms in total. The van der Waals surface area contributed by atoms with Crippen molar-refractivity contribution in [3.63, 3.8) is 0 Å². The number of benzene rings is 2. The first-order valence-corrected chi connectivity index (χ1v) is 13.9. The number of anilines is 1. The maximum absolute atomic E-state index is 6.53. The summed E-state index contributed by atoms with van der Waals surface area (Å²) in [5.41, 5.74) is 3.29. The number of nitrogens with zero attached hydrogens (tertiary/aromatic N) is 1. The number of aromatic nitrogens is 1. The summed E-state index contributed by atoms with van der Waals surface area (Å²) in [6.45, 7) is 12.7. The fourth-order valence-corrected chi connectivity index (χ4v) is 4.20. The van der Waals surface area contributed by atoms with Gasteiger partial charge in [-0.1, -0.05) is 48.8 Å². The molecule has 0 spiro atoms. The monoisotopic (exact) mass is 486 g/mol. The number of nitrogens with one attached hydrogen (secondary N) is 1. The van der Waals surface area contributed by atoms with Crippen LogP contribution in [0.3, 0.4) is 0 Å². The molecule has 30 heavy (non-hydrogen) atoms. The summed E-state index contributed by atoms with van der Waals surface area (Å²) in [5, 5.41) is 4.76. The van der Waals surface area contributed by atoms with Crippen molar-refractivity contribution < 1.29 is 9.16 Å². The summed E-state index contributed by atoms with van der Waals surface area (Å²) in [6, 6.07) is 16.4. The summed E-state index contributed by atoms with van der Waals surface area (Å²) in [5.74, 6) is 1.72. The van der Waals surface area contributed by atoms with Crippen LogP contribution in [-0.4, -0.2) is 20.4 Å². The minimum Gasteiger partial charge on any atom is -0.497 e. The van der Waals surface area contributed by atoms with Crippen LogP contribution in [0.1, 0.15) is 31.9 Å². The molecule has 0 aliphatic rings. The molecule has 3 rings (SSSR count). The lowest BCUT2D eigenvalue weighted by atomic mass is 10.1. The van der Waals surface area contributed by atoms with Gasteiger partial charge < -0.3 is 14.5 Å². The zero-order chi connectivity index (χ0) is 21.9. The minimum atomic E-state index is -1.85. The van der Waals surface area contributed by atoms with Crippen molar-refractivity contribution in [2.45, 2.75) is 52.1 Å². The maximum atomic E-state index is 6.53. The molecule has 1 N–H and O–H groups in total. The molecule has 0 aliphatic heterocycles. The molecule has 0 aliphatic carbocycles. The summed E-state index contributed by atoms with van der Waals surface area (Å²) in [7, 11) is -0.172. The number of halogens is 1. The van der Waals surface area contributed by atoms with Crippen molar-refractivity contribution in [2.24, 2.45) is 0 Å². The second-order valence-corrected chi connectivity index (χ2v) is 14.8. The number of pyridine rings is 1.